The number of hydrazine groups is 1. The van der Waals surface area contributed by atoms with Gasteiger partial charge in [0.25, 0.3) is 0 Å². The Morgan fingerprint density at radius 3 is 2.64 bits per heavy atom. The van der Waals surface area contributed by atoms with Gasteiger partial charge in [0, 0.05) is 19.5 Å². The third kappa shape index (κ3) is 7.97. The zero-order valence-electron chi connectivity index (χ0n) is 9.25. The first kappa shape index (κ1) is 13.4. The summed E-state index contributed by atoms with van der Waals surface area (Å²) in [5.41, 5.74) is 2.10. The molecule has 0 atom stereocenters. The van der Waals surface area contributed by atoms with E-state index in [9.17, 15) is 4.79 Å². The fourth-order valence-electron chi connectivity index (χ4n) is 0.921. The Bertz CT molecular complexity index is 162. The minimum Gasteiger partial charge on any atom is -0.377 e. The topological polar surface area (TPSA) is 67.6 Å². The van der Waals surface area contributed by atoms with Crippen LogP contribution in [0.2, 0.25) is 0 Å². The molecule has 0 aliphatic rings. The van der Waals surface area contributed by atoms with Gasteiger partial charge >= 0.3 is 0 Å². The molecule has 0 aromatic rings. The summed E-state index contributed by atoms with van der Waals surface area (Å²) in [4.78, 5) is 12.8. The summed E-state index contributed by atoms with van der Waals surface area (Å²) in [6.07, 6.45) is 0.685. The number of rotatable bonds is 7. The minimum atomic E-state index is -0.137. The molecule has 0 aliphatic heterocycles. The van der Waals surface area contributed by atoms with E-state index in [2.05, 4.69) is 5.43 Å². The monoisotopic (exact) mass is 203 g/mol. The Hall–Kier alpha value is -0.650. The molecule has 1 amide bonds. The van der Waals surface area contributed by atoms with Gasteiger partial charge in [-0.1, -0.05) is 0 Å². The number of nitrogens with zero attached hydrogens (tertiary/aromatic N) is 1. The Morgan fingerprint density at radius 2 is 2.14 bits per heavy atom. The van der Waals surface area contributed by atoms with Gasteiger partial charge in [-0.15, -0.1) is 0 Å². The highest BCUT2D eigenvalue weighted by Gasteiger charge is 2.03. The van der Waals surface area contributed by atoms with Crippen LogP contribution in [0.15, 0.2) is 0 Å². The van der Waals surface area contributed by atoms with Crippen LogP contribution in [0.25, 0.3) is 0 Å². The first-order valence-corrected chi connectivity index (χ1v) is 4.86. The Kier molecular flexibility index (Phi) is 7.37. The molecule has 0 unspecified atom stereocenters. The summed E-state index contributed by atoms with van der Waals surface area (Å²) in [5, 5.41) is 0. The highest BCUT2D eigenvalue weighted by Crippen LogP contribution is 1.91. The second kappa shape index (κ2) is 7.73. The van der Waals surface area contributed by atoms with Crippen LogP contribution >= 0.6 is 0 Å². The molecule has 0 aromatic heterocycles. The summed E-state index contributed by atoms with van der Waals surface area (Å²) < 4.78 is 5.38. The first-order valence-electron chi connectivity index (χ1n) is 4.86. The average molecular weight is 203 g/mol. The van der Waals surface area contributed by atoms with E-state index in [1.165, 1.54) is 0 Å². The van der Waals surface area contributed by atoms with Crippen molar-refractivity contribution in [3.05, 3.63) is 0 Å². The third-order valence-corrected chi connectivity index (χ3v) is 1.81. The van der Waals surface area contributed by atoms with Gasteiger partial charge in [0.05, 0.1) is 12.7 Å². The molecule has 0 rings (SSSR count). The van der Waals surface area contributed by atoms with Crippen molar-refractivity contribution < 1.29 is 9.53 Å². The predicted molar refractivity (Wildman–Crippen MR) is 55.5 cm³/mol. The standard InChI is InChI=1S/C9H21N3O2/c1-8(2)14-7-6-12(3)5-4-9(13)11-10/h8H,4-7,10H2,1-3H3,(H,11,13). The van der Waals surface area contributed by atoms with Crippen LogP contribution in [-0.4, -0.2) is 43.7 Å². The van der Waals surface area contributed by atoms with Gasteiger partial charge in [0.2, 0.25) is 5.91 Å². The molecule has 5 heteroatoms. The summed E-state index contributed by atoms with van der Waals surface area (Å²) in [6, 6.07) is 0. The lowest BCUT2D eigenvalue weighted by atomic mass is 10.4. The molecule has 84 valence electrons. The van der Waals surface area contributed by atoms with Gasteiger partial charge in [0.15, 0.2) is 0 Å². The van der Waals surface area contributed by atoms with Crippen LogP contribution in [0.3, 0.4) is 0 Å². The minimum absolute atomic E-state index is 0.137. The average Bonchev–Trinajstić information content (AvgIpc) is 2.13. The quantitative estimate of drug-likeness (QED) is 0.339. The maximum atomic E-state index is 10.8. The van der Waals surface area contributed by atoms with Crippen LogP contribution in [0.4, 0.5) is 0 Å². The fourth-order valence-corrected chi connectivity index (χ4v) is 0.921. The van der Waals surface area contributed by atoms with Crippen molar-refractivity contribution in [1.29, 1.82) is 0 Å². The van der Waals surface area contributed by atoms with Crippen LogP contribution < -0.4 is 11.3 Å². The van der Waals surface area contributed by atoms with Gasteiger partial charge in [-0.05, 0) is 20.9 Å². The van der Waals surface area contributed by atoms with Gasteiger partial charge in [-0.2, -0.15) is 0 Å². The van der Waals surface area contributed by atoms with Crippen molar-refractivity contribution in [1.82, 2.24) is 10.3 Å². The smallest absolute Gasteiger partial charge is 0.235 e. The second-order valence-corrected chi connectivity index (χ2v) is 3.54. The van der Waals surface area contributed by atoms with Crippen molar-refractivity contribution in [2.75, 3.05) is 26.7 Å². The van der Waals surface area contributed by atoms with E-state index in [0.29, 0.717) is 19.6 Å². The number of ether oxygens (including phenoxy) is 1. The summed E-state index contributed by atoms with van der Waals surface area (Å²) in [6.45, 7) is 6.22. The predicted octanol–water partition coefficient (Wildman–Crippen LogP) is -0.277. The Morgan fingerprint density at radius 1 is 1.50 bits per heavy atom. The van der Waals surface area contributed by atoms with Crippen LogP contribution in [0.1, 0.15) is 20.3 Å². The van der Waals surface area contributed by atoms with E-state index in [-0.39, 0.29) is 12.0 Å². The van der Waals surface area contributed by atoms with E-state index in [4.69, 9.17) is 10.6 Å². The molecular formula is C9H21N3O2. The van der Waals surface area contributed by atoms with E-state index in [1.807, 2.05) is 25.8 Å². The van der Waals surface area contributed by atoms with E-state index < -0.39 is 0 Å². The van der Waals surface area contributed by atoms with Gasteiger partial charge < -0.3 is 9.64 Å². The van der Waals surface area contributed by atoms with Crippen molar-refractivity contribution in [3.63, 3.8) is 0 Å². The molecule has 3 N–H and O–H groups in total. The van der Waals surface area contributed by atoms with Crippen molar-refractivity contribution >= 4 is 5.91 Å². The van der Waals surface area contributed by atoms with Crippen LogP contribution in [0.5, 0.6) is 0 Å². The number of nitrogens with two attached hydrogens (primary N) is 1. The zero-order chi connectivity index (χ0) is 11.0. The van der Waals surface area contributed by atoms with E-state index in [1.54, 1.807) is 0 Å². The van der Waals surface area contributed by atoms with Gasteiger partial charge in [0.1, 0.15) is 0 Å². The lowest BCUT2D eigenvalue weighted by Gasteiger charge is -2.16. The highest BCUT2D eigenvalue weighted by molar-refractivity contribution is 5.75. The molecule has 0 saturated heterocycles. The largest absolute Gasteiger partial charge is 0.377 e. The van der Waals surface area contributed by atoms with E-state index in [0.717, 1.165) is 6.54 Å². The lowest BCUT2D eigenvalue weighted by Crippen LogP contribution is -2.34. The summed E-state index contributed by atoms with van der Waals surface area (Å²) >= 11 is 0. The molecule has 0 spiro atoms. The zero-order valence-corrected chi connectivity index (χ0v) is 9.25. The molecule has 5 nitrogen and oxygen atoms in total. The molecule has 14 heavy (non-hydrogen) atoms. The third-order valence-electron chi connectivity index (χ3n) is 1.81. The van der Waals surface area contributed by atoms with Gasteiger partial charge in [-0.3, -0.25) is 10.2 Å². The number of nitrogens with one attached hydrogen (secondary N) is 1. The van der Waals surface area contributed by atoms with Crippen molar-refractivity contribution in [2.45, 2.75) is 26.4 Å². The molecule has 0 heterocycles. The Balaban J connectivity index is 3.36. The number of carbonyl (C=O) groups is 1. The molecule has 0 radical (unpaired) electrons. The van der Waals surface area contributed by atoms with E-state index >= 15 is 0 Å². The normalized spacial score (nSPS) is 11.0. The number of carbonyl (C=O) groups excluding carboxylic acids is 1. The molecule has 0 bridgehead atoms. The number of likely N-dealkylation sites (N-methyl/N-ethyl adjacent to an activating group) is 1. The molecule has 0 aliphatic carbocycles. The Labute approximate surface area is 85.6 Å². The first-order chi connectivity index (χ1) is 6.56. The van der Waals surface area contributed by atoms with Gasteiger partial charge in [-0.25, -0.2) is 5.84 Å². The number of hydrogen-bond acceptors (Lipinski definition) is 4. The van der Waals surface area contributed by atoms with Crippen molar-refractivity contribution in [2.24, 2.45) is 5.84 Å². The fraction of sp³-hybridized carbons (Fsp3) is 0.889. The second-order valence-electron chi connectivity index (χ2n) is 3.54. The van der Waals surface area contributed by atoms with Crippen LogP contribution in [-0.2, 0) is 9.53 Å². The SMILES string of the molecule is CC(C)OCCN(C)CCC(=O)NN. The summed E-state index contributed by atoms with van der Waals surface area (Å²) in [5.74, 6) is 4.82. The maximum absolute atomic E-state index is 10.8. The molecule has 0 aromatic carbocycles. The number of amides is 1. The van der Waals surface area contributed by atoms with Crippen molar-refractivity contribution in [3.8, 4) is 0 Å². The summed E-state index contributed by atoms with van der Waals surface area (Å²) in [7, 11) is 1.95. The lowest BCUT2D eigenvalue weighted by molar-refractivity contribution is -0.121. The van der Waals surface area contributed by atoms with Crippen LogP contribution in [0, 0.1) is 0 Å². The highest BCUT2D eigenvalue weighted by atomic mass is 16.5. The molecule has 0 fully saturated rings. The maximum Gasteiger partial charge on any atom is 0.235 e. The molecule has 0 saturated carbocycles. The molecular weight excluding hydrogens is 182 g/mol. The number of hydrogen-bond donors (Lipinski definition) is 2.